The molecule has 4 nitrogen and oxygen atoms in total. The summed E-state index contributed by atoms with van der Waals surface area (Å²) in [6.07, 6.45) is 2.90. The number of aromatic nitrogens is 2. The zero-order valence-electron chi connectivity index (χ0n) is 8.24. The van der Waals surface area contributed by atoms with Crippen molar-refractivity contribution in [2.24, 2.45) is 7.05 Å². The third-order valence-electron chi connectivity index (χ3n) is 1.51. The van der Waals surface area contributed by atoms with Gasteiger partial charge < -0.3 is 9.30 Å². The van der Waals surface area contributed by atoms with Crippen molar-refractivity contribution in [2.75, 3.05) is 6.61 Å². The van der Waals surface area contributed by atoms with E-state index >= 15 is 0 Å². The molecule has 0 aliphatic rings. The van der Waals surface area contributed by atoms with E-state index in [9.17, 15) is 13.6 Å². The molecular weight excluding hydrogens is 226 g/mol. The van der Waals surface area contributed by atoms with E-state index in [4.69, 9.17) is 0 Å². The normalized spacial score (nSPS) is 11.5. The minimum atomic E-state index is -3.60. The second-order valence-electron chi connectivity index (χ2n) is 2.66. The number of halogens is 2. The molecule has 0 fully saturated rings. The van der Waals surface area contributed by atoms with Crippen molar-refractivity contribution < 1.29 is 18.3 Å². The number of alkyl halides is 2. The molecule has 15 heavy (non-hydrogen) atoms. The number of rotatable bonds is 4. The Balaban J connectivity index is 2.72. The maximum Gasteiger partial charge on any atom is 0.395 e. The van der Waals surface area contributed by atoms with E-state index in [1.165, 1.54) is 23.9 Å². The maximum atomic E-state index is 13.2. The van der Waals surface area contributed by atoms with Gasteiger partial charge in [-0.25, -0.2) is 9.78 Å². The van der Waals surface area contributed by atoms with Crippen LogP contribution in [-0.2, 0) is 16.6 Å². The van der Waals surface area contributed by atoms with Crippen molar-refractivity contribution in [3.05, 3.63) is 12.4 Å². The van der Waals surface area contributed by atoms with Crippen molar-refractivity contribution in [1.82, 2.24) is 9.55 Å². The topological polar surface area (TPSA) is 44.1 Å². The first kappa shape index (κ1) is 12.0. The van der Waals surface area contributed by atoms with Crippen LogP contribution in [-0.4, -0.2) is 27.4 Å². The van der Waals surface area contributed by atoms with Crippen LogP contribution < -0.4 is 0 Å². The average molecular weight is 236 g/mol. The van der Waals surface area contributed by atoms with E-state index in [-0.39, 0.29) is 23.5 Å². The van der Waals surface area contributed by atoms with Gasteiger partial charge in [0.05, 0.1) is 6.61 Å². The first-order valence-electron chi connectivity index (χ1n) is 4.18. The molecule has 1 aromatic heterocycles. The molecule has 0 saturated heterocycles. The monoisotopic (exact) mass is 236 g/mol. The van der Waals surface area contributed by atoms with Gasteiger partial charge in [-0.2, -0.15) is 8.78 Å². The highest BCUT2D eigenvalue weighted by atomic mass is 32.2. The first-order chi connectivity index (χ1) is 6.97. The van der Waals surface area contributed by atoms with Crippen LogP contribution in [0.5, 0.6) is 0 Å². The van der Waals surface area contributed by atoms with E-state index in [2.05, 4.69) is 9.72 Å². The minimum Gasteiger partial charge on any atom is -0.461 e. The number of hydrogen-bond acceptors (Lipinski definition) is 4. The SMILES string of the molecule is CCOC(=O)C(F)(F)Sc1nccn1C. The summed E-state index contributed by atoms with van der Waals surface area (Å²) in [4.78, 5) is 14.6. The molecule has 0 amide bonds. The molecule has 0 saturated carbocycles. The van der Waals surface area contributed by atoms with E-state index in [0.29, 0.717) is 0 Å². The summed E-state index contributed by atoms with van der Waals surface area (Å²) >= 11 is 0.0712. The fourth-order valence-electron chi connectivity index (χ4n) is 0.822. The van der Waals surface area contributed by atoms with E-state index < -0.39 is 11.2 Å². The summed E-state index contributed by atoms with van der Waals surface area (Å²) < 4.78 is 32.0. The fraction of sp³-hybridized carbons (Fsp3) is 0.500. The third kappa shape index (κ3) is 2.92. The number of nitrogens with zero attached hydrogens (tertiary/aromatic N) is 2. The van der Waals surface area contributed by atoms with Crippen LogP contribution in [0, 0.1) is 0 Å². The van der Waals surface area contributed by atoms with Gasteiger partial charge in [-0.1, -0.05) is 0 Å². The Bertz CT molecular complexity index is 354. The number of imidazole rings is 1. The van der Waals surface area contributed by atoms with Gasteiger partial charge in [0.15, 0.2) is 5.16 Å². The quantitative estimate of drug-likeness (QED) is 0.589. The van der Waals surface area contributed by atoms with Crippen molar-refractivity contribution in [1.29, 1.82) is 0 Å². The van der Waals surface area contributed by atoms with Crippen LogP contribution in [0.4, 0.5) is 8.78 Å². The highest BCUT2D eigenvalue weighted by molar-refractivity contribution is 8.00. The molecule has 0 aliphatic heterocycles. The van der Waals surface area contributed by atoms with Crippen molar-refractivity contribution in [2.45, 2.75) is 17.3 Å². The molecule has 0 spiro atoms. The molecule has 1 heterocycles. The molecule has 0 N–H and O–H groups in total. The summed E-state index contributed by atoms with van der Waals surface area (Å²) in [7, 11) is 1.57. The molecule has 0 unspecified atom stereocenters. The largest absolute Gasteiger partial charge is 0.461 e. The van der Waals surface area contributed by atoms with Gasteiger partial charge in [-0.05, 0) is 18.7 Å². The predicted octanol–water partition coefficient (Wildman–Crippen LogP) is 1.67. The van der Waals surface area contributed by atoms with E-state index in [1.54, 1.807) is 7.05 Å². The summed E-state index contributed by atoms with van der Waals surface area (Å²) in [5.41, 5.74) is 0. The number of ether oxygens (including phenoxy) is 1. The van der Waals surface area contributed by atoms with Crippen molar-refractivity contribution in [3.63, 3.8) is 0 Å². The molecule has 0 radical (unpaired) electrons. The second kappa shape index (κ2) is 4.61. The molecule has 1 aromatic rings. The van der Waals surface area contributed by atoms with Gasteiger partial charge >= 0.3 is 11.2 Å². The number of carbonyl (C=O) groups excluding carboxylic acids is 1. The predicted molar refractivity (Wildman–Crippen MR) is 50.6 cm³/mol. The molecule has 0 aliphatic carbocycles. The van der Waals surface area contributed by atoms with Crippen LogP contribution in [0.15, 0.2) is 17.6 Å². The first-order valence-corrected chi connectivity index (χ1v) is 5.00. The minimum absolute atomic E-state index is 0.0630. The maximum absolute atomic E-state index is 13.2. The zero-order chi connectivity index (χ0) is 11.5. The van der Waals surface area contributed by atoms with E-state index in [1.807, 2.05) is 0 Å². The Morgan fingerprint density at radius 3 is 2.87 bits per heavy atom. The van der Waals surface area contributed by atoms with Crippen LogP contribution in [0.25, 0.3) is 0 Å². The fourth-order valence-corrected chi connectivity index (χ4v) is 1.51. The molecular formula is C8H10F2N2O2S. The van der Waals surface area contributed by atoms with Crippen LogP contribution in [0.1, 0.15) is 6.92 Å². The standard InChI is InChI=1S/C8H10F2N2O2S/c1-3-14-6(13)8(9,10)15-7-11-4-5-12(7)2/h4-5H,3H2,1-2H3. The summed E-state index contributed by atoms with van der Waals surface area (Å²) in [6, 6.07) is 0. The van der Waals surface area contributed by atoms with Crippen LogP contribution in [0.3, 0.4) is 0 Å². The van der Waals surface area contributed by atoms with Crippen LogP contribution in [0.2, 0.25) is 0 Å². The van der Waals surface area contributed by atoms with Crippen molar-refractivity contribution in [3.8, 4) is 0 Å². The smallest absolute Gasteiger partial charge is 0.395 e. The number of hydrogen-bond donors (Lipinski definition) is 0. The summed E-state index contributed by atoms with van der Waals surface area (Å²) in [5.74, 6) is -1.54. The van der Waals surface area contributed by atoms with Gasteiger partial charge in [0.1, 0.15) is 0 Å². The Kier molecular flexibility index (Phi) is 3.67. The highest BCUT2D eigenvalue weighted by Gasteiger charge is 2.43. The zero-order valence-corrected chi connectivity index (χ0v) is 9.05. The Morgan fingerprint density at radius 2 is 2.40 bits per heavy atom. The lowest BCUT2D eigenvalue weighted by atomic mass is 10.7. The molecule has 7 heteroatoms. The van der Waals surface area contributed by atoms with Gasteiger partial charge in [0.25, 0.3) is 0 Å². The van der Waals surface area contributed by atoms with Gasteiger partial charge in [-0.3, -0.25) is 0 Å². The molecule has 0 aromatic carbocycles. The molecule has 0 atom stereocenters. The summed E-state index contributed by atoms with van der Waals surface area (Å²) in [5, 5.41) is -3.54. The lowest BCUT2D eigenvalue weighted by Gasteiger charge is -2.12. The number of aryl methyl sites for hydroxylation is 1. The van der Waals surface area contributed by atoms with E-state index in [0.717, 1.165) is 0 Å². The Labute approximate surface area is 89.6 Å². The molecule has 0 bridgehead atoms. The Hall–Kier alpha value is -1.11. The van der Waals surface area contributed by atoms with Gasteiger partial charge in [0.2, 0.25) is 0 Å². The molecule has 84 valence electrons. The third-order valence-corrected chi connectivity index (χ3v) is 2.51. The van der Waals surface area contributed by atoms with Gasteiger partial charge in [-0.15, -0.1) is 0 Å². The Morgan fingerprint density at radius 1 is 1.73 bits per heavy atom. The molecule has 1 rings (SSSR count). The second-order valence-corrected chi connectivity index (χ2v) is 3.74. The lowest BCUT2D eigenvalue weighted by molar-refractivity contribution is -0.159. The number of thioether (sulfide) groups is 1. The highest BCUT2D eigenvalue weighted by Crippen LogP contribution is 2.35. The average Bonchev–Trinajstić information content (AvgIpc) is 2.52. The van der Waals surface area contributed by atoms with Gasteiger partial charge in [0, 0.05) is 19.4 Å². The van der Waals surface area contributed by atoms with Crippen LogP contribution >= 0.6 is 11.8 Å². The number of esters is 1. The van der Waals surface area contributed by atoms with Crippen molar-refractivity contribution >= 4 is 17.7 Å². The summed E-state index contributed by atoms with van der Waals surface area (Å²) in [6.45, 7) is 1.40. The lowest BCUT2D eigenvalue weighted by Crippen LogP contribution is -2.27. The number of carbonyl (C=O) groups is 1.